The van der Waals surface area contributed by atoms with Gasteiger partial charge in [0.15, 0.2) is 0 Å². The molecule has 2 nitrogen and oxygen atoms in total. The third-order valence-corrected chi connectivity index (χ3v) is 5.15. The van der Waals surface area contributed by atoms with Crippen LogP contribution in [0.3, 0.4) is 0 Å². The molecule has 0 unspecified atom stereocenters. The smallest absolute Gasteiger partial charge is 0.0731 e. The summed E-state index contributed by atoms with van der Waals surface area (Å²) in [6, 6.07) is 2.31. The molecule has 1 aliphatic rings. The molecule has 3 heteroatoms. The van der Waals surface area contributed by atoms with E-state index in [2.05, 4.69) is 32.2 Å². The summed E-state index contributed by atoms with van der Waals surface area (Å²) >= 11 is 1.90. The van der Waals surface area contributed by atoms with Gasteiger partial charge < -0.3 is 10.1 Å². The predicted molar refractivity (Wildman–Crippen MR) is 82.6 cm³/mol. The SMILES string of the molecule is CCNCc1cc(COC2CCC(C)CC2)c(C)s1. The molecule has 1 aromatic rings. The Hall–Kier alpha value is -0.380. The number of hydrogen-bond donors (Lipinski definition) is 1. The molecule has 1 aliphatic carbocycles. The van der Waals surface area contributed by atoms with E-state index in [0.717, 1.165) is 25.6 Å². The molecule has 0 spiro atoms. The molecule has 0 amide bonds. The highest BCUT2D eigenvalue weighted by Gasteiger charge is 2.19. The van der Waals surface area contributed by atoms with Crippen LogP contribution in [0.25, 0.3) is 0 Å². The van der Waals surface area contributed by atoms with E-state index in [0.29, 0.717) is 6.10 Å². The van der Waals surface area contributed by atoms with Gasteiger partial charge in [-0.25, -0.2) is 0 Å². The normalized spacial score (nSPS) is 23.7. The summed E-state index contributed by atoms with van der Waals surface area (Å²) in [5, 5.41) is 3.39. The first-order chi connectivity index (χ1) is 9.19. The zero-order chi connectivity index (χ0) is 13.7. The molecule has 108 valence electrons. The molecule has 1 aromatic heterocycles. The lowest BCUT2D eigenvalue weighted by Crippen LogP contribution is -2.20. The maximum Gasteiger partial charge on any atom is 0.0731 e. The molecule has 19 heavy (non-hydrogen) atoms. The fourth-order valence-electron chi connectivity index (χ4n) is 2.67. The van der Waals surface area contributed by atoms with E-state index in [1.165, 1.54) is 41.0 Å². The molecule has 1 saturated carbocycles. The third kappa shape index (κ3) is 4.59. The first-order valence-corrected chi connectivity index (χ1v) is 8.41. The van der Waals surface area contributed by atoms with E-state index in [4.69, 9.17) is 4.74 Å². The Morgan fingerprint density at radius 2 is 2.05 bits per heavy atom. The largest absolute Gasteiger partial charge is 0.374 e. The molecule has 0 radical (unpaired) electrons. The number of aryl methyl sites for hydroxylation is 1. The van der Waals surface area contributed by atoms with E-state index in [1.807, 2.05) is 11.3 Å². The zero-order valence-corrected chi connectivity index (χ0v) is 13.3. The van der Waals surface area contributed by atoms with Crippen LogP contribution in [0.5, 0.6) is 0 Å². The van der Waals surface area contributed by atoms with Gasteiger partial charge in [0.2, 0.25) is 0 Å². The van der Waals surface area contributed by atoms with Crippen molar-refractivity contribution in [1.82, 2.24) is 5.32 Å². The second kappa shape index (κ2) is 7.41. The Balaban J connectivity index is 1.80. The fraction of sp³-hybridized carbons (Fsp3) is 0.750. The van der Waals surface area contributed by atoms with E-state index in [9.17, 15) is 0 Å². The number of hydrogen-bond acceptors (Lipinski definition) is 3. The summed E-state index contributed by atoms with van der Waals surface area (Å²) in [7, 11) is 0. The van der Waals surface area contributed by atoms with Gasteiger partial charge in [0.1, 0.15) is 0 Å². The Morgan fingerprint density at radius 3 is 2.74 bits per heavy atom. The number of rotatable bonds is 6. The molecule has 0 atom stereocenters. The minimum atomic E-state index is 0.493. The van der Waals surface area contributed by atoms with Gasteiger partial charge in [0, 0.05) is 16.3 Å². The lowest BCUT2D eigenvalue weighted by atomic mass is 9.89. The van der Waals surface area contributed by atoms with E-state index >= 15 is 0 Å². The standard InChI is InChI=1S/C16H27NOS/c1-4-17-10-16-9-14(13(3)19-16)11-18-15-7-5-12(2)6-8-15/h9,12,15,17H,4-8,10-11H2,1-3H3. The van der Waals surface area contributed by atoms with Crippen LogP contribution in [0.1, 0.15) is 54.8 Å². The molecular formula is C16H27NOS. The van der Waals surface area contributed by atoms with Crippen molar-refractivity contribution in [1.29, 1.82) is 0 Å². The van der Waals surface area contributed by atoms with Crippen LogP contribution < -0.4 is 5.32 Å². The second-order valence-corrected chi connectivity index (χ2v) is 7.11. The van der Waals surface area contributed by atoms with E-state index in [1.54, 1.807) is 0 Å². The summed E-state index contributed by atoms with van der Waals surface area (Å²) in [6.07, 6.45) is 5.65. The van der Waals surface area contributed by atoms with Gasteiger partial charge >= 0.3 is 0 Å². The highest BCUT2D eigenvalue weighted by molar-refractivity contribution is 7.12. The predicted octanol–water partition coefficient (Wildman–Crippen LogP) is 4.26. The van der Waals surface area contributed by atoms with Crippen molar-refractivity contribution in [3.63, 3.8) is 0 Å². The molecular weight excluding hydrogens is 254 g/mol. The van der Waals surface area contributed by atoms with Crippen molar-refractivity contribution in [2.45, 2.75) is 65.7 Å². The summed E-state index contributed by atoms with van der Waals surface area (Å²) in [4.78, 5) is 2.84. The van der Waals surface area contributed by atoms with Crippen molar-refractivity contribution < 1.29 is 4.74 Å². The summed E-state index contributed by atoms with van der Waals surface area (Å²) in [5.74, 6) is 0.898. The Bertz CT molecular complexity index is 380. The van der Waals surface area contributed by atoms with Gasteiger partial charge in [-0.2, -0.15) is 0 Å². The summed E-state index contributed by atoms with van der Waals surface area (Å²) in [6.45, 7) is 9.53. The molecule has 1 N–H and O–H groups in total. The van der Waals surface area contributed by atoms with Crippen LogP contribution in [0.15, 0.2) is 6.07 Å². The molecule has 0 saturated heterocycles. The van der Waals surface area contributed by atoms with Gasteiger partial charge in [-0.3, -0.25) is 0 Å². The number of thiophene rings is 1. The lowest BCUT2D eigenvalue weighted by molar-refractivity contribution is 0.00872. The van der Waals surface area contributed by atoms with Crippen molar-refractivity contribution in [3.05, 3.63) is 21.4 Å². The van der Waals surface area contributed by atoms with Gasteiger partial charge in [0.25, 0.3) is 0 Å². The molecule has 0 bridgehead atoms. The average molecular weight is 281 g/mol. The number of nitrogens with one attached hydrogen (secondary N) is 1. The van der Waals surface area contributed by atoms with Crippen molar-refractivity contribution >= 4 is 11.3 Å². The van der Waals surface area contributed by atoms with E-state index in [-0.39, 0.29) is 0 Å². The first-order valence-electron chi connectivity index (χ1n) is 7.59. The summed E-state index contributed by atoms with van der Waals surface area (Å²) < 4.78 is 6.10. The Labute approximate surface area is 121 Å². The highest BCUT2D eigenvalue weighted by atomic mass is 32.1. The van der Waals surface area contributed by atoms with Gasteiger partial charge in [-0.05, 0) is 56.7 Å². The fourth-order valence-corrected chi connectivity index (χ4v) is 3.69. The topological polar surface area (TPSA) is 21.3 Å². The minimum Gasteiger partial charge on any atom is -0.374 e. The highest BCUT2D eigenvalue weighted by Crippen LogP contribution is 2.28. The maximum absolute atomic E-state index is 6.10. The lowest BCUT2D eigenvalue weighted by Gasteiger charge is -2.26. The zero-order valence-electron chi connectivity index (χ0n) is 12.5. The second-order valence-electron chi connectivity index (χ2n) is 5.77. The van der Waals surface area contributed by atoms with Crippen LogP contribution in [-0.4, -0.2) is 12.6 Å². The molecule has 2 rings (SSSR count). The van der Waals surface area contributed by atoms with Crippen LogP contribution in [-0.2, 0) is 17.9 Å². The quantitative estimate of drug-likeness (QED) is 0.841. The number of ether oxygens (including phenoxy) is 1. The first kappa shape index (κ1) is 15.0. The summed E-state index contributed by atoms with van der Waals surface area (Å²) in [5.41, 5.74) is 1.39. The molecule has 0 aliphatic heterocycles. The third-order valence-electron chi connectivity index (χ3n) is 4.06. The molecule has 1 fully saturated rings. The van der Waals surface area contributed by atoms with Crippen molar-refractivity contribution in [2.24, 2.45) is 5.92 Å². The molecule has 0 aromatic carbocycles. The Morgan fingerprint density at radius 1 is 1.32 bits per heavy atom. The molecule has 1 heterocycles. The van der Waals surface area contributed by atoms with Gasteiger partial charge in [0.05, 0.1) is 12.7 Å². The van der Waals surface area contributed by atoms with Crippen LogP contribution in [0, 0.1) is 12.8 Å². The van der Waals surface area contributed by atoms with Crippen molar-refractivity contribution in [3.8, 4) is 0 Å². The van der Waals surface area contributed by atoms with Crippen LogP contribution >= 0.6 is 11.3 Å². The van der Waals surface area contributed by atoms with Gasteiger partial charge in [-0.15, -0.1) is 11.3 Å². The van der Waals surface area contributed by atoms with Crippen molar-refractivity contribution in [2.75, 3.05) is 6.54 Å². The Kier molecular flexibility index (Phi) is 5.86. The maximum atomic E-state index is 6.10. The van der Waals surface area contributed by atoms with Crippen LogP contribution in [0.2, 0.25) is 0 Å². The van der Waals surface area contributed by atoms with Crippen LogP contribution in [0.4, 0.5) is 0 Å². The average Bonchev–Trinajstić information content (AvgIpc) is 2.76. The van der Waals surface area contributed by atoms with E-state index < -0.39 is 0 Å². The monoisotopic (exact) mass is 281 g/mol. The minimum absolute atomic E-state index is 0.493. The van der Waals surface area contributed by atoms with Gasteiger partial charge in [-0.1, -0.05) is 13.8 Å².